The molecule has 0 saturated carbocycles. The summed E-state index contributed by atoms with van der Waals surface area (Å²) in [7, 11) is 3.44. The SMILES string of the molecule is COC(=O)[C@H]1S[C@@]2(C(F)(F)C(F)F)C[C@@]1(O)c1c(c(OC)c3occc3c1OC)O2. The summed E-state index contributed by atoms with van der Waals surface area (Å²) >= 11 is 0.0811. The number of carbonyl (C=O) groups excluding carboxylic acids is 1. The summed E-state index contributed by atoms with van der Waals surface area (Å²) < 4.78 is 82.3. The van der Waals surface area contributed by atoms with Crippen molar-refractivity contribution in [3.8, 4) is 17.2 Å². The van der Waals surface area contributed by atoms with Crippen LogP contribution in [0.4, 0.5) is 17.6 Å². The first-order valence-electron chi connectivity index (χ1n) is 8.56. The molecule has 2 aliphatic rings. The number of ether oxygens (including phenoxy) is 4. The molecule has 2 aromatic rings. The number of alkyl halides is 4. The fraction of sp³-hybridized carbons (Fsp3) is 0.500. The van der Waals surface area contributed by atoms with Crippen LogP contribution in [0.15, 0.2) is 16.7 Å². The molecule has 3 heterocycles. The van der Waals surface area contributed by atoms with Crippen LogP contribution in [-0.4, -0.2) is 54.9 Å². The van der Waals surface area contributed by atoms with Gasteiger partial charge in [-0.05, 0) is 6.07 Å². The van der Waals surface area contributed by atoms with Crippen molar-refractivity contribution in [3.63, 3.8) is 0 Å². The third-order valence-electron chi connectivity index (χ3n) is 5.33. The predicted octanol–water partition coefficient (Wildman–Crippen LogP) is 3.31. The Hall–Kier alpha value is -2.34. The van der Waals surface area contributed by atoms with Crippen LogP contribution in [-0.2, 0) is 15.1 Å². The van der Waals surface area contributed by atoms with Gasteiger partial charge in [0.05, 0.1) is 38.5 Å². The molecule has 0 radical (unpaired) electrons. The highest BCUT2D eigenvalue weighted by Gasteiger charge is 2.76. The lowest BCUT2D eigenvalue weighted by Crippen LogP contribution is -2.56. The van der Waals surface area contributed by atoms with E-state index in [4.69, 9.17) is 18.6 Å². The molecule has 2 bridgehead atoms. The number of aliphatic hydroxyl groups is 1. The third-order valence-corrected chi connectivity index (χ3v) is 7.02. The zero-order chi connectivity index (χ0) is 22.1. The van der Waals surface area contributed by atoms with Gasteiger partial charge < -0.3 is 28.5 Å². The van der Waals surface area contributed by atoms with Gasteiger partial charge in [0.1, 0.15) is 16.6 Å². The molecule has 1 aromatic carbocycles. The molecule has 0 unspecified atom stereocenters. The van der Waals surface area contributed by atoms with Crippen molar-refractivity contribution >= 4 is 28.7 Å². The van der Waals surface area contributed by atoms with E-state index >= 15 is 0 Å². The van der Waals surface area contributed by atoms with Gasteiger partial charge in [-0.3, -0.25) is 4.79 Å². The van der Waals surface area contributed by atoms with Crippen LogP contribution in [0.1, 0.15) is 12.0 Å². The second-order valence-corrected chi connectivity index (χ2v) is 8.20. The molecule has 7 nitrogen and oxygen atoms in total. The molecule has 4 rings (SSSR count). The van der Waals surface area contributed by atoms with Crippen molar-refractivity contribution in [2.75, 3.05) is 21.3 Å². The van der Waals surface area contributed by atoms with E-state index in [0.717, 1.165) is 7.11 Å². The zero-order valence-corrected chi connectivity index (χ0v) is 16.6. The lowest BCUT2D eigenvalue weighted by atomic mass is 9.79. The second-order valence-electron chi connectivity index (χ2n) is 6.83. The van der Waals surface area contributed by atoms with Crippen molar-refractivity contribution in [2.24, 2.45) is 0 Å². The Morgan fingerprint density at radius 2 is 1.97 bits per heavy atom. The fourth-order valence-electron chi connectivity index (χ4n) is 4.01. The van der Waals surface area contributed by atoms with E-state index in [0.29, 0.717) is 5.39 Å². The zero-order valence-electron chi connectivity index (χ0n) is 15.8. The summed E-state index contributed by atoms with van der Waals surface area (Å²) in [6, 6.07) is 1.48. The number of hydrogen-bond donors (Lipinski definition) is 1. The normalized spacial score (nSPS) is 27.7. The average Bonchev–Trinajstić information content (AvgIpc) is 3.27. The van der Waals surface area contributed by atoms with E-state index in [2.05, 4.69) is 4.74 Å². The quantitative estimate of drug-likeness (QED) is 0.546. The van der Waals surface area contributed by atoms with Crippen molar-refractivity contribution in [1.29, 1.82) is 0 Å². The van der Waals surface area contributed by atoms with Crippen LogP contribution >= 0.6 is 11.8 Å². The fourth-order valence-corrected chi connectivity index (χ4v) is 5.66. The maximum atomic E-state index is 14.7. The minimum Gasteiger partial charge on any atom is -0.495 e. The maximum Gasteiger partial charge on any atom is 0.355 e. The van der Waals surface area contributed by atoms with Crippen LogP contribution in [0.25, 0.3) is 11.0 Å². The highest BCUT2D eigenvalue weighted by Crippen LogP contribution is 2.69. The average molecular weight is 452 g/mol. The van der Waals surface area contributed by atoms with Gasteiger partial charge in [-0.25, -0.2) is 8.78 Å². The minimum atomic E-state index is -4.73. The van der Waals surface area contributed by atoms with Crippen LogP contribution in [0, 0.1) is 0 Å². The van der Waals surface area contributed by atoms with Gasteiger partial charge in [0.15, 0.2) is 11.3 Å². The third kappa shape index (κ3) is 2.40. The van der Waals surface area contributed by atoms with Crippen molar-refractivity contribution < 1.29 is 50.8 Å². The van der Waals surface area contributed by atoms with Gasteiger partial charge in [-0.1, -0.05) is 11.8 Å². The largest absolute Gasteiger partial charge is 0.495 e. The number of hydrogen-bond acceptors (Lipinski definition) is 8. The Bertz CT molecular complexity index is 1030. The molecule has 1 N–H and O–H groups in total. The molecular formula is C18H16F4O7S. The van der Waals surface area contributed by atoms with E-state index in [1.165, 1.54) is 26.5 Å². The highest BCUT2D eigenvalue weighted by molar-refractivity contribution is 8.02. The minimum absolute atomic E-state index is 0.0255. The smallest absolute Gasteiger partial charge is 0.355 e. The first-order valence-corrected chi connectivity index (χ1v) is 9.44. The number of methoxy groups -OCH3 is 3. The van der Waals surface area contributed by atoms with E-state index < -0.39 is 46.3 Å². The molecule has 0 aliphatic carbocycles. The summed E-state index contributed by atoms with van der Waals surface area (Å²) in [5.74, 6) is -6.52. The van der Waals surface area contributed by atoms with E-state index in [-0.39, 0.29) is 34.4 Å². The van der Waals surface area contributed by atoms with Crippen molar-refractivity contribution in [2.45, 2.75) is 34.6 Å². The number of carbonyl (C=O) groups is 1. The molecule has 1 fully saturated rings. The summed E-state index contributed by atoms with van der Waals surface area (Å²) in [6.07, 6.45) is -3.88. The van der Waals surface area contributed by atoms with Crippen LogP contribution in [0.5, 0.6) is 17.2 Å². The summed E-state index contributed by atoms with van der Waals surface area (Å²) in [4.78, 5) is 9.42. The standard InChI is InChI=1S/C18H16F4O7S/c1-25-9-7-4-5-28-10(7)12(26-2)11-8(9)16(24)6-17(29-11,18(21,22)15(19)20)30-13(16)14(23)27-3/h4-5,13,15,24H,6H2,1-3H3/t13-,16-,17-/m1/s1. The Morgan fingerprint density at radius 1 is 1.30 bits per heavy atom. The highest BCUT2D eigenvalue weighted by atomic mass is 32.2. The first-order chi connectivity index (χ1) is 14.1. The number of benzene rings is 1. The topological polar surface area (TPSA) is 87.4 Å². The molecule has 0 amide bonds. The van der Waals surface area contributed by atoms with Crippen molar-refractivity contribution in [1.82, 2.24) is 0 Å². The van der Waals surface area contributed by atoms with Crippen LogP contribution < -0.4 is 14.2 Å². The molecular weight excluding hydrogens is 436 g/mol. The number of furan rings is 1. The number of halogens is 4. The Kier molecular flexibility index (Phi) is 4.59. The van der Waals surface area contributed by atoms with Gasteiger partial charge in [0.2, 0.25) is 10.7 Å². The van der Waals surface area contributed by atoms with Gasteiger partial charge in [0, 0.05) is 6.42 Å². The van der Waals surface area contributed by atoms with Gasteiger partial charge >= 0.3 is 18.3 Å². The number of esters is 1. The van der Waals surface area contributed by atoms with Crippen LogP contribution in [0.3, 0.4) is 0 Å². The lowest BCUT2D eigenvalue weighted by Gasteiger charge is -2.42. The molecule has 1 aromatic heterocycles. The Balaban J connectivity index is 2.10. The number of fused-ring (bicyclic) bond motifs is 5. The van der Waals surface area contributed by atoms with E-state index in [1.54, 1.807) is 0 Å². The first kappa shape index (κ1) is 20.9. The molecule has 164 valence electrons. The predicted molar refractivity (Wildman–Crippen MR) is 95.5 cm³/mol. The number of rotatable bonds is 5. The summed E-state index contributed by atoms with van der Waals surface area (Å²) in [5, 5.41) is 10.1. The van der Waals surface area contributed by atoms with Crippen LogP contribution in [0.2, 0.25) is 0 Å². The number of thioether (sulfide) groups is 1. The summed E-state index contributed by atoms with van der Waals surface area (Å²) in [6.45, 7) is 0. The van der Waals surface area contributed by atoms with Crippen molar-refractivity contribution in [3.05, 3.63) is 17.9 Å². The van der Waals surface area contributed by atoms with Gasteiger partial charge in [-0.15, -0.1) is 0 Å². The maximum absolute atomic E-state index is 14.7. The molecule has 3 atom stereocenters. The monoisotopic (exact) mass is 452 g/mol. The molecule has 12 heteroatoms. The second kappa shape index (κ2) is 6.58. The van der Waals surface area contributed by atoms with E-state index in [9.17, 15) is 27.5 Å². The Morgan fingerprint density at radius 3 is 2.53 bits per heavy atom. The van der Waals surface area contributed by atoms with E-state index in [1.807, 2.05) is 0 Å². The molecule has 30 heavy (non-hydrogen) atoms. The lowest BCUT2D eigenvalue weighted by molar-refractivity contribution is -0.213. The molecule has 0 spiro atoms. The van der Waals surface area contributed by atoms with Gasteiger partial charge in [-0.2, -0.15) is 8.78 Å². The summed E-state index contributed by atoms with van der Waals surface area (Å²) in [5.41, 5.74) is -2.53. The Labute approximate surface area is 171 Å². The van der Waals surface area contributed by atoms with Gasteiger partial charge in [0.25, 0.3) is 0 Å². The molecule has 1 saturated heterocycles. The molecule has 2 aliphatic heterocycles.